The molecule has 0 bridgehead atoms. The Labute approximate surface area is 355 Å². The number of anilines is 3. The van der Waals surface area contributed by atoms with Crippen molar-refractivity contribution in [1.82, 2.24) is 0 Å². The van der Waals surface area contributed by atoms with Crippen molar-refractivity contribution in [3.63, 3.8) is 0 Å². The molecule has 61 heavy (non-hydrogen) atoms. The molecule has 1 aliphatic rings. The molecular formula is C59H41NO. The van der Waals surface area contributed by atoms with Crippen molar-refractivity contribution in [2.75, 3.05) is 4.90 Å². The highest BCUT2D eigenvalue weighted by atomic mass is 16.3. The molecule has 2 nitrogen and oxygen atoms in total. The van der Waals surface area contributed by atoms with Crippen LogP contribution in [-0.2, 0) is 5.41 Å². The molecule has 0 aliphatic heterocycles. The van der Waals surface area contributed by atoms with Crippen LogP contribution in [0.3, 0.4) is 0 Å². The van der Waals surface area contributed by atoms with Crippen LogP contribution in [0.5, 0.6) is 0 Å². The quantitative estimate of drug-likeness (QED) is 0.156. The van der Waals surface area contributed by atoms with E-state index in [2.05, 4.69) is 231 Å². The van der Waals surface area contributed by atoms with Crippen LogP contribution in [-0.4, -0.2) is 0 Å². The van der Waals surface area contributed by atoms with Crippen LogP contribution in [0.2, 0.25) is 0 Å². The summed E-state index contributed by atoms with van der Waals surface area (Å²) in [7, 11) is 0. The highest BCUT2D eigenvalue weighted by Gasteiger charge is 2.36. The Morgan fingerprint density at radius 3 is 1.72 bits per heavy atom. The molecule has 0 atom stereocenters. The number of para-hydroxylation sites is 1. The molecule has 288 valence electrons. The molecule has 1 heterocycles. The van der Waals surface area contributed by atoms with E-state index in [1.807, 2.05) is 0 Å². The fourth-order valence-electron chi connectivity index (χ4n) is 10.0. The van der Waals surface area contributed by atoms with E-state index in [1.54, 1.807) is 0 Å². The first-order chi connectivity index (χ1) is 30.0. The zero-order valence-corrected chi connectivity index (χ0v) is 34.1. The summed E-state index contributed by atoms with van der Waals surface area (Å²) >= 11 is 0. The van der Waals surface area contributed by atoms with Gasteiger partial charge in [0.05, 0.1) is 11.1 Å². The van der Waals surface area contributed by atoms with Gasteiger partial charge in [0.2, 0.25) is 0 Å². The number of hydrogen-bond acceptors (Lipinski definition) is 2. The lowest BCUT2D eigenvalue weighted by molar-refractivity contribution is 0.660. The van der Waals surface area contributed by atoms with Gasteiger partial charge in [-0.25, -0.2) is 0 Å². The van der Waals surface area contributed by atoms with E-state index < -0.39 is 0 Å². The van der Waals surface area contributed by atoms with Crippen molar-refractivity contribution < 1.29 is 4.42 Å². The van der Waals surface area contributed by atoms with Crippen LogP contribution in [0, 0.1) is 0 Å². The molecule has 0 fully saturated rings. The summed E-state index contributed by atoms with van der Waals surface area (Å²) in [5.74, 6) is 0. The maximum Gasteiger partial charge on any atom is 0.145 e. The Kier molecular flexibility index (Phi) is 7.92. The number of furan rings is 1. The Balaban J connectivity index is 1.07. The highest BCUT2D eigenvalue weighted by Crippen LogP contribution is 2.52. The lowest BCUT2D eigenvalue weighted by Gasteiger charge is -2.28. The standard InChI is InChI=1S/C59H41NO/c1-59(2)53-22-12-10-20-48(53)52-37-44(32-34-54(52)59)60(43-30-28-41(29-31-43)40-26-24-39(25-27-40)38-14-4-3-5-15-38)55-35-33-49(58-57(55)50-21-11-13-23-56(50)61-58)51-36-42-16-6-7-17-45(42)46-18-8-9-19-47(46)51/h3-37H,1-2H3. The molecule has 0 radical (unpaired) electrons. The maximum atomic E-state index is 7.00. The second kappa shape index (κ2) is 13.7. The molecule has 0 unspecified atom stereocenters. The van der Waals surface area contributed by atoms with Gasteiger partial charge < -0.3 is 9.32 Å². The van der Waals surface area contributed by atoms with Gasteiger partial charge in [0.25, 0.3) is 0 Å². The molecule has 0 spiro atoms. The Morgan fingerprint density at radius 2 is 0.951 bits per heavy atom. The Hall–Kier alpha value is -7.68. The summed E-state index contributed by atoms with van der Waals surface area (Å²) < 4.78 is 7.00. The number of nitrogens with zero attached hydrogens (tertiary/aromatic N) is 1. The Morgan fingerprint density at radius 1 is 0.377 bits per heavy atom. The van der Waals surface area contributed by atoms with Crippen LogP contribution < -0.4 is 4.90 Å². The summed E-state index contributed by atoms with van der Waals surface area (Å²) in [5, 5.41) is 7.09. The van der Waals surface area contributed by atoms with Crippen LogP contribution in [0.4, 0.5) is 17.1 Å². The minimum Gasteiger partial charge on any atom is -0.455 e. The van der Waals surface area contributed by atoms with E-state index in [0.717, 1.165) is 50.1 Å². The fraction of sp³-hybridized carbons (Fsp3) is 0.0508. The van der Waals surface area contributed by atoms with Crippen molar-refractivity contribution in [1.29, 1.82) is 0 Å². The zero-order chi connectivity index (χ0) is 40.7. The topological polar surface area (TPSA) is 16.4 Å². The predicted molar refractivity (Wildman–Crippen MR) is 257 cm³/mol. The van der Waals surface area contributed by atoms with Crippen molar-refractivity contribution in [2.45, 2.75) is 19.3 Å². The van der Waals surface area contributed by atoms with Gasteiger partial charge in [-0.05, 0) is 120 Å². The van der Waals surface area contributed by atoms with E-state index in [0.29, 0.717) is 0 Å². The first kappa shape index (κ1) is 35.3. The largest absolute Gasteiger partial charge is 0.455 e. The number of rotatable bonds is 6. The van der Waals surface area contributed by atoms with Crippen LogP contribution in [0.25, 0.3) is 88.0 Å². The molecule has 0 N–H and O–H groups in total. The Bertz CT molecular complexity index is 3480. The molecule has 12 rings (SSSR count). The molecular weight excluding hydrogens is 739 g/mol. The minimum absolute atomic E-state index is 0.0920. The molecule has 10 aromatic carbocycles. The summed E-state index contributed by atoms with van der Waals surface area (Å²) in [6.07, 6.45) is 0. The summed E-state index contributed by atoms with van der Waals surface area (Å²) in [6.45, 7) is 4.69. The average Bonchev–Trinajstić information content (AvgIpc) is 3.82. The third kappa shape index (κ3) is 5.56. The summed E-state index contributed by atoms with van der Waals surface area (Å²) in [5.41, 5.74) is 17.2. The number of hydrogen-bond donors (Lipinski definition) is 0. The second-order valence-corrected chi connectivity index (χ2v) is 16.9. The van der Waals surface area contributed by atoms with Crippen molar-refractivity contribution in [3.05, 3.63) is 223 Å². The van der Waals surface area contributed by atoms with Crippen LogP contribution in [0.1, 0.15) is 25.0 Å². The molecule has 0 saturated heterocycles. The van der Waals surface area contributed by atoms with Gasteiger partial charge in [-0.15, -0.1) is 0 Å². The third-order valence-electron chi connectivity index (χ3n) is 13.1. The van der Waals surface area contributed by atoms with Crippen LogP contribution in [0.15, 0.2) is 217 Å². The van der Waals surface area contributed by atoms with Crippen molar-refractivity contribution >= 4 is 60.5 Å². The van der Waals surface area contributed by atoms with Gasteiger partial charge in [0.15, 0.2) is 0 Å². The SMILES string of the molecule is CC1(C)c2ccccc2-c2cc(N(c3ccc(-c4ccc(-c5ccccc5)cc4)cc3)c3ccc(-c4cc5ccccc5c5ccccc45)c4oc5ccccc5c34)ccc21. The monoisotopic (exact) mass is 779 g/mol. The van der Waals surface area contributed by atoms with E-state index in [-0.39, 0.29) is 5.41 Å². The lowest BCUT2D eigenvalue weighted by Crippen LogP contribution is -2.15. The minimum atomic E-state index is -0.0920. The van der Waals surface area contributed by atoms with Crippen LogP contribution >= 0.6 is 0 Å². The lowest BCUT2D eigenvalue weighted by atomic mass is 9.82. The summed E-state index contributed by atoms with van der Waals surface area (Å²) in [6, 6.07) is 77.3. The van der Waals surface area contributed by atoms with Gasteiger partial charge in [-0.2, -0.15) is 0 Å². The van der Waals surface area contributed by atoms with Gasteiger partial charge in [-0.3, -0.25) is 0 Å². The second-order valence-electron chi connectivity index (χ2n) is 16.9. The maximum absolute atomic E-state index is 7.00. The molecule has 0 saturated carbocycles. The predicted octanol–water partition coefficient (Wildman–Crippen LogP) is 16.7. The summed E-state index contributed by atoms with van der Waals surface area (Å²) in [4.78, 5) is 2.43. The molecule has 0 amide bonds. The molecule has 2 heteroatoms. The van der Waals surface area contributed by atoms with E-state index in [9.17, 15) is 0 Å². The van der Waals surface area contributed by atoms with E-state index in [1.165, 1.54) is 66.1 Å². The van der Waals surface area contributed by atoms with E-state index in [4.69, 9.17) is 4.42 Å². The smallest absolute Gasteiger partial charge is 0.145 e. The zero-order valence-electron chi connectivity index (χ0n) is 34.1. The van der Waals surface area contributed by atoms with Gasteiger partial charge in [-0.1, -0.05) is 178 Å². The number of benzene rings is 10. The normalized spacial score (nSPS) is 12.9. The van der Waals surface area contributed by atoms with Crippen molar-refractivity contribution in [3.8, 4) is 44.5 Å². The fourth-order valence-corrected chi connectivity index (χ4v) is 10.0. The molecule has 11 aromatic rings. The molecule has 1 aromatic heterocycles. The van der Waals surface area contributed by atoms with Gasteiger partial charge in [0.1, 0.15) is 11.2 Å². The first-order valence-electron chi connectivity index (χ1n) is 21.2. The third-order valence-corrected chi connectivity index (χ3v) is 13.1. The highest BCUT2D eigenvalue weighted by molar-refractivity contribution is 6.21. The first-order valence-corrected chi connectivity index (χ1v) is 21.2. The number of fused-ring (bicyclic) bond motifs is 9. The van der Waals surface area contributed by atoms with Gasteiger partial charge in [0, 0.05) is 27.7 Å². The molecule has 1 aliphatic carbocycles. The van der Waals surface area contributed by atoms with E-state index >= 15 is 0 Å². The average molecular weight is 780 g/mol. The van der Waals surface area contributed by atoms with Crippen molar-refractivity contribution in [2.24, 2.45) is 0 Å². The van der Waals surface area contributed by atoms with Gasteiger partial charge >= 0.3 is 0 Å².